The summed E-state index contributed by atoms with van der Waals surface area (Å²) < 4.78 is 5.49. The van der Waals surface area contributed by atoms with E-state index in [9.17, 15) is 4.79 Å². The fraction of sp³-hybridized carbons (Fsp3) is 0.211. The quantitative estimate of drug-likeness (QED) is 0.546. The highest BCUT2D eigenvalue weighted by atomic mass is 35.5. The van der Waals surface area contributed by atoms with Crippen molar-refractivity contribution in [2.24, 2.45) is 0 Å². The molecule has 5 nitrogen and oxygen atoms in total. The number of ether oxygens (including phenoxy) is 1. The number of aryl methyl sites for hydroxylation is 1. The van der Waals surface area contributed by atoms with Crippen molar-refractivity contribution < 1.29 is 9.53 Å². The summed E-state index contributed by atoms with van der Waals surface area (Å²) in [6.45, 7) is 5.87. The number of nitrogens with one attached hydrogen (secondary N) is 1. The fourth-order valence-electron chi connectivity index (χ4n) is 2.48. The average Bonchev–Trinajstić information content (AvgIpc) is 2.55. The molecule has 0 bridgehead atoms. The van der Waals surface area contributed by atoms with Gasteiger partial charge >= 0.3 is 5.97 Å². The van der Waals surface area contributed by atoms with E-state index in [0.717, 1.165) is 16.3 Å². The molecular weight excluding hydrogens is 338 g/mol. The van der Waals surface area contributed by atoms with Gasteiger partial charge in [0.1, 0.15) is 11.0 Å². The Morgan fingerprint density at radius 1 is 1.24 bits per heavy atom. The van der Waals surface area contributed by atoms with Gasteiger partial charge in [-0.15, -0.1) is 0 Å². The Kier molecular flexibility index (Phi) is 4.86. The summed E-state index contributed by atoms with van der Waals surface area (Å²) in [4.78, 5) is 21.0. The van der Waals surface area contributed by atoms with Crippen molar-refractivity contribution in [3.05, 3.63) is 58.9 Å². The number of esters is 1. The second-order valence-corrected chi connectivity index (χ2v) is 6.43. The van der Waals surface area contributed by atoms with Gasteiger partial charge in [-0.25, -0.2) is 9.78 Å². The summed E-state index contributed by atoms with van der Waals surface area (Å²) in [5.74, 6) is 0.375. The van der Waals surface area contributed by atoms with Crippen LogP contribution in [-0.4, -0.2) is 22.0 Å². The number of nitrogens with zero attached hydrogens (tertiary/aromatic N) is 2. The molecule has 0 aliphatic rings. The van der Waals surface area contributed by atoms with Crippen LogP contribution in [0.5, 0.6) is 5.88 Å². The lowest BCUT2D eigenvalue weighted by atomic mass is 10.1. The predicted octanol–water partition coefficient (Wildman–Crippen LogP) is 4.63. The van der Waals surface area contributed by atoms with E-state index in [1.54, 1.807) is 30.5 Å². The van der Waals surface area contributed by atoms with E-state index in [-0.39, 0.29) is 11.9 Å². The van der Waals surface area contributed by atoms with Crippen molar-refractivity contribution in [1.82, 2.24) is 9.97 Å². The van der Waals surface area contributed by atoms with Crippen LogP contribution in [0.3, 0.4) is 0 Å². The highest BCUT2D eigenvalue weighted by Crippen LogP contribution is 2.28. The Labute approximate surface area is 151 Å². The predicted molar refractivity (Wildman–Crippen MR) is 99.4 cm³/mol. The number of hydrogen-bond acceptors (Lipinski definition) is 5. The minimum absolute atomic E-state index is 0.157. The Morgan fingerprint density at radius 2 is 2.00 bits per heavy atom. The van der Waals surface area contributed by atoms with Crippen molar-refractivity contribution in [2.75, 3.05) is 5.32 Å². The maximum atomic E-state index is 12.4. The number of rotatable bonds is 4. The molecule has 2 aromatic heterocycles. The van der Waals surface area contributed by atoms with Crippen molar-refractivity contribution in [1.29, 1.82) is 0 Å². The standard InChI is InChI=1S/C19H18ClN3O2/c1-11(2)22-18-15-9-16(20)21-10-13(15)8-17(23-18)25-19(24)14-7-5-4-6-12(14)3/h4-11H,1-3H3,(H,22,23). The summed E-state index contributed by atoms with van der Waals surface area (Å²) in [6, 6.07) is 10.8. The smallest absolute Gasteiger partial charge is 0.345 e. The van der Waals surface area contributed by atoms with Crippen LogP contribution >= 0.6 is 11.6 Å². The van der Waals surface area contributed by atoms with Crippen LogP contribution in [0.25, 0.3) is 10.8 Å². The number of halogens is 1. The van der Waals surface area contributed by atoms with E-state index in [1.165, 1.54) is 0 Å². The zero-order chi connectivity index (χ0) is 18.0. The highest BCUT2D eigenvalue weighted by molar-refractivity contribution is 6.30. The van der Waals surface area contributed by atoms with Gasteiger partial charge in [-0.3, -0.25) is 0 Å². The Hall–Kier alpha value is -2.66. The molecule has 0 fully saturated rings. The number of carbonyl (C=O) groups is 1. The molecule has 6 heteroatoms. The van der Waals surface area contributed by atoms with E-state index < -0.39 is 5.97 Å². The molecule has 0 amide bonds. The third-order valence-corrected chi connectivity index (χ3v) is 3.85. The van der Waals surface area contributed by atoms with Gasteiger partial charge in [0.15, 0.2) is 0 Å². The van der Waals surface area contributed by atoms with Crippen molar-refractivity contribution >= 4 is 34.2 Å². The highest BCUT2D eigenvalue weighted by Gasteiger charge is 2.15. The van der Waals surface area contributed by atoms with Crippen LogP contribution < -0.4 is 10.1 Å². The second kappa shape index (κ2) is 7.07. The molecule has 0 aliphatic heterocycles. The first-order valence-electron chi connectivity index (χ1n) is 7.94. The van der Waals surface area contributed by atoms with E-state index in [0.29, 0.717) is 16.5 Å². The largest absolute Gasteiger partial charge is 0.404 e. The number of fused-ring (bicyclic) bond motifs is 1. The van der Waals surface area contributed by atoms with Crippen LogP contribution in [0.1, 0.15) is 29.8 Å². The van der Waals surface area contributed by atoms with Crippen LogP contribution in [-0.2, 0) is 0 Å². The first-order chi connectivity index (χ1) is 11.9. The number of aromatic nitrogens is 2. The summed E-state index contributed by atoms with van der Waals surface area (Å²) >= 11 is 6.00. The molecule has 25 heavy (non-hydrogen) atoms. The number of hydrogen-bond donors (Lipinski definition) is 1. The molecule has 128 valence electrons. The second-order valence-electron chi connectivity index (χ2n) is 6.04. The fourth-order valence-corrected chi connectivity index (χ4v) is 2.64. The monoisotopic (exact) mass is 355 g/mol. The topological polar surface area (TPSA) is 64.1 Å². The van der Waals surface area contributed by atoms with Crippen LogP contribution in [0.4, 0.5) is 5.82 Å². The van der Waals surface area contributed by atoms with Gasteiger partial charge in [-0.05, 0) is 38.5 Å². The minimum atomic E-state index is -0.442. The number of pyridine rings is 2. The van der Waals surface area contributed by atoms with Gasteiger partial charge in [0.25, 0.3) is 0 Å². The van der Waals surface area contributed by atoms with E-state index >= 15 is 0 Å². The van der Waals surface area contributed by atoms with Crippen LogP contribution in [0, 0.1) is 6.92 Å². The van der Waals surface area contributed by atoms with Gasteiger partial charge in [0, 0.05) is 29.1 Å². The van der Waals surface area contributed by atoms with Gasteiger partial charge < -0.3 is 10.1 Å². The Balaban J connectivity index is 2.00. The minimum Gasteiger partial charge on any atom is -0.404 e. The van der Waals surface area contributed by atoms with Crippen molar-refractivity contribution in [3.8, 4) is 5.88 Å². The lowest BCUT2D eigenvalue weighted by Gasteiger charge is -2.14. The first-order valence-corrected chi connectivity index (χ1v) is 8.32. The van der Waals surface area contributed by atoms with Gasteiger partial charge in [0.05, 0.1) is 5.56 Å². The molecule has 1 N–H and O–H groups in total. The Morgan fingerprint density at radius 3 is 2.72 bits per heavy atom. The van der Waals surface area contributed by atoms with Crippen molar-refractivity contribution in [3.63, 3.8) is 0 Å². The van der Waals surface area contributed by atoms with E-state index in [2.05, 4.69) is 15.3 Å². The molecule has 0 atom stereocenters. The molecule has 2 heterocycles. The Bertz CT molecular complexity index is 941. The molecule has 0 aliphatic carbocycles. The zero-order valence-corrected chi connectivity index (χ0v) is 15.0. The number of benzene rings is 1. The van der Waals surface area contributed by atoms with E-state index in [4.69, 9.17) is 16.3 Å². The lowest BCUT2D eigenvalue weighted by Crippen LogP contribution is -2.14. The molecule has 1 aromatic carbocycles. The summed E-state index contributed by atoms with van der Waals surface area (Å²) in [6.07, 6.45) is 1.63. The SMILES string of the molecule is Cc1ccccc1C(=O)Oc1cc2cnc(Cl)cc2c(NC(C)C)n1. The zero-order valence-electron chi connectivity index (χ0n) is 14.2. The molecular formula is C19H18ClN3O2. The molecule has 3 rings (SSSR count). The van der Waals surface area contributed by atoms with Crippen LogP contribution in [0.2, 0.25) is 5.15 Å². The van der Waals surface area contributed by atoms with Gasteiger partial charge in [-0.2, -0.15) is 4.98 Å². The third-order valence-electron chi connectivity index (χ3n) is 3.65. The lowest BCUT2D eigenvalue weighted by molar-refractivity contribution is 0.0727. The molecule has 0 spiro atoms. The van der Waals surface area contributed by atoms with Crippen molar-refractivity contribution in [2.45, 2.75) is 26.8 Å². The molecule has 0 radical (unpaired) electrons. The third kappa shape index (κ3) is 3.88. The summed E-state index contributed by atoms with van der Waals surface area (Å²) in [5, 5.41) is 5.24. The summed E-state index contributed by atoms with van der Waals surface area (Å²) in [5.41, 5.74) is 1.36. The normalized spacial score (nSPS) is 10.9. The number of carbonyl (C=O) groups excluding carboxylic acids is 1. The molecule has 0 saturated heterocycles. The van der Waals surface area contributed by atoms with Crippen LogP contribution in [0.15, 0.2) is 42.6 Å². The maximum Gasteiger partial charge on any atom is 0.345 e. The molecule has 0 saturated carbocycles. The van der Waals surface area contributed by atoms with E-state index in [1.807, 2.05) is 32.9 Å². The average molecular weight is 356 g/mol. The first kappa shape index (κ1) is 17.2. The molecule has 0 unspecified atom stereocenters. The molecule has 3 aromatic rings. The maximum absolute atomic E-state index is 12.4. The number of anilines is 1. The van der Waals surface area contributed by atoms with Gasteiger partial charge in [-0.1, -0.05) is 29.8 Å². The van der Waals surface area contributed by atoms with Gasteiger partial charge in [0.2, 0.25) is 5.88 Å². The summed E-state index contributed by atoms with van der Waals surface area (Å²) in [7, 11) is 0.